The Kier molecular flexibility index (Phi) is 4.22. The molecule has 0 unspecified atom stereocenters. The van der Waals surface area contributed by atoms with Crippen LogP contribution in [-0.2, 0) is 17.4 Å². The average molecular weight is 304 g/mol. The number of halogens is 3. The first kappa shape index (κ1) is 14.7. The van der Waals surface area contributed by atoms with Crippen LogP contribution in [0.5, 0.6) is 0 Å². The molecule has 0 radical (unpaired) electrons. The van der Waals surface area contributed by atoms with Gasteiger partial charge in [0.05, 0.1) is 4.88 Å². The maximum atomic E-state index is 12.3. The highest BCUT2D eigenvalue weighted by Gasteiger charge is 2.38. The van der Waals surface area contributed by atoms with E-state index in [1.165, 1.54) is 11.3 Å². The maximum absolute atomic E-state index is 12.3. The van der Waals surface area contributed by atoms with Gasteiger partial charge in [0.1, 0.15) is 5.78 Å². The van der Waals surface area contributed by atoms with Gasteiger partial charge in [-0.3, -0.25) is 4.79 Å². The molecule has 0 amide bonds. The second-order valence-electron chi connectivity index (χ2n) is 4.08. The summed E-state index contributed by atoms with van der Waals surface area (Å²) in [6.45, 7) is 1.79. The Morgan fingerprint density at radius 3 is 2.75 bits per heavy atom. The Hall–Kier alpha value is -1.70. The van der Waals surface area contributed by atoms with E-state index in [-0.39, 0.29) is 11.6 Å². The van der Waals surface area contributed by atoms with Crippen LogP contribution in [-0.4, -0.2) is 15.9 Å². The number of rotatable bonds is 5. The lowest BCUT2D eigenvalue weighted by Gasteiger charge is -1.95. The highest BCUT2D eigenvalue weighted by atomic mass is 32.1. The van der Waals surface area contributed by atoms with Crippen LogP contribution in [0.15, 0.2) is 16.7 Å². The van der Waals surface area contributed by atoms with Crippen molar-refractivity contribution in [2.24, 2.45) is 0 Å². The summed E-state index contributed by atoms with van der Waals surface area (Å²) in [5.74, 6) is -1.29. The predicted octanol–water partition coefficient (Wildman–Crippen LogP) is 3.73. The molecule has 2 heterocycles. The molecule has 2 aromatic rings. The van der Waals surface area contributed by atoms with Gasteiger partial charge in [0.2, 0.25) is 5.82 Å². The van der Waals surface area contributed by atoms with Crippen molar-refractivity contribution in [1.29, 1.82) is 0 Å². The van der Waals surface area contributed by atoms with Gasteiger partial charge in [-0.15, -0.1) is 11.3 Å². The molecule has 0 aromatic carbocycles. The van der Waals surface area contributed by atoms with E-state index in [1.807, 2.05) is 0 Å². The zero-order valence-electron chi connectivity index (χ0n) is 10.5. The first-order valence-electron chi connectivity index (χ1n) is 5.92. The quantitative estimate of drug-likeness (QED) is 0.844. The lowest BCUT2D eigenvalue weighted by molar-refractivity contribution is -0.159. The predicted molar refractivity (Wildman–Crippen MR) is 66.2 cm³/mol. The summed E-state index contributed by atoms with van der Waals surface area (Å²) in [5, 5.41) is 3.32. The highest BCUT2D eigenvalue weighted by molar-refractivity contribution is 7.15. The summed E-state index contributed by atoms with van der Waals surface area (Å²) in [7, 11) is 0. The summed E-state index contributed by atoms with van der Waals surface area (Å²) >= 11 is 1.26. The maximum Gasteiger partial charge on any atom is 0.471 e. The molecule has 0 fully saturated rings. The zero-order chi connectivity index (χ0) is 14.8. The standard InChI is InChI=1S/C12H11F3N2O2S/c1-2-7(18)3-4-8-5-6-9(20-8)10-16-11(19-17-10)12(13,14)15/h5-6H,2-4H2,1H3. The van der Waals surface area contributed by atoms with E-state index < -0.39 is 12.1 Å². The molecule has 2 rings (SSSR count). The Morgan fingerprint density at radius 1 is 1.40 bits per heavy atom. The van der Waals surface area contributed by atoms with Gasteiger partial charge in [-0.2, -0.15) is 18.2 Å². The van der Waals surface area contributed by atoms with Gasteiger partial charge >= 0.3 is 12.1 Å². The summed E-state index contributed by atoms with van der Waals surface area (Å²) in [5.41, 5.74) is 0. The van der Waals surface area contributed by atoms with Crippen molar-refractivity contribution < 1.29 is 22.5 Å². The van der Waals surface area contributed by atoms with E-state index in [9.17, 15) is 18.0 Å². The third-order valence-corrected chi connectivity index (χ3v) is 3.74. The van der Waals surface area contributed by atoms with Crippen LogP contribution in [0.2, 0.25) is 0 Å². The SMILES string of the molecule is CCC(=O)CCc1ccc(-c2noc(C(F)(F)F)n2)s1. The summed E-state index contributed by atoms with van der Waals surface area (Å²) < 4.78 is 41.2. The molecular weight excluding hydrogens is 293 g/mol. The molecule has 2 aromatic heterocycles. The third-order valence-electron chi connectivity index (χ3n) is 2.60. The number of carbonyl (C=O) groups is 1. The molecule has 0 bridgehead atoms. The second kappa shape index (κ2) is 5.74. The van der Waals surface area contributed by atoms with Gasteiger partial charge in [0, 0.05) is 17.7 Å². The molecule has 0 aliphatic carbocycles. The molecule has 0 aliphatic rings. The fourth-order valence-electron chi connectivity index (χ4n) is 1.51. The van der Waals surface area contributed by atoms with Gasteiger partial charge in [-0.1, -0.05) is 12.1 Å². The largest absolute Gasteiger partial charge is 0.471 e. The number of hydrogen-bond acceptors (Lipinski definition) is 5. The van der Waals surface area contributed by atoms with Crippen LogP contribution < -0.4 is 0 Å². The van der Waals surface area contributed by atoms with Crippen LogP contribution in [0.25, 0.3) is 10.7 Å². The van der Waals surface area contributed by atoms with Gasteiger partial charge in [-0.25, -0.2) is 0 Å². The smallest absolute Gasteiger partial charge is 0.329 e. The fraction of sp³-hybridized carbons (Fsp3) is 0.417. The zero-order valence-corrected chi connectivity index (χ0v) is 11.3. The molecular formula is C12H11F3N2O2S. The lowest BCUT2D eigenvalue weighted by Crippen LogP contribution is -2.04. The minimum Gasteiger partial charge on any atom is -0.329 e. The van der Waals surface area contributed by atoms with E-state index in [4.69, 9.17) is 0 Å². The van der Waals surface area contributed by atoms with Gasteiger partial charge < -0.3 is 4.52 Å². The van der Waals surface area contributed by atoms with Crippen LogP contribution in [0.1, 0.15) is 30.5 Å². The first-order chi connectivity index (χ1) is 9.40. The summed E-state index contributed by atoms with van der Waals surface area (Å²) in [4.78, 5) is 15.9. The highest BCUT2D eigenvalue weighted by Crippen LogP contribution is 2.31. The lowest BCUT2D eigenvalue weighted by atomic mass is 10.1. The normalized spacial score (nSPS) is 11.8. The van der Waals surface area contributed by atoms with Crippen molar-refractivity contribution in [3.05, 3.63) is 22.9 Å². The van der Waals surface area contributed by atoms with Crippen molar-refractivity contribution in [3.8, 4) is 10.7 Å². The minimum absolute atomic E-state index is 0.0876. The average Bonchev–Trinajstić information content (AvgIpc) is 3.03. The van der Waals surface area contributed by atoms with Crippen LogP contribution in [0, 0.1) is 0 Å². The molecule has 0 aliphatic heterocycles. The fourth-order valence-corrected chi connectivity index (χ4v) is 2.44. The number of aromatic nitrogens is 2. The van der Waals surface area contributed by atoms with Crippen LogP contribution in [0.3, 0.4) is 0 Å². The van der Waals surface area contributed by atoms with Crippen molar-refractivity contribution >= 4 is 17.1 Å². The van der Waals surface area contributed by atoms with E-state index in [0.717, 1.165) is 4.88 Å². The molecule has 0 N–H and O–H groups in total. The number of carbonyl (C=O) groups excluding carboxylic acids is 1. The number of Topliss-reactive ketones (excluding diaryl/α,β-unsaturated/α-hetero) is 1. The van der Waals surface area contributed by atoms with Crippen molar-refractivity contribution in [2.75, 3.05) is 0 Å². The number of hydrogen-bond donors (Lipinski definition) is 0. The first-order valence-corrected chi connectivity index (χ1v) is 6.73. The second-order valence-corrected chi connectivity index (χ2v) is 5.25. The molecule has 4 nitrogen and oxygen atoms in total. The Morgan fingerprint density at radius 2 is 2.15 bits per heavy atom. The Labute approximate surface area is 116 Å². The third kappa shape index (κ3) is 3.44. The number of alkyl halides is 3. The molecule has 0 saturated heterocycles. The van der Waals surface area contributed by atoms with Gasteiger partial charge in [-0.05, 0) is 18.6 Å². The number of nitrogens with zero attached hydrogens (tertiary/aromatic N) is 2. The molecule has 0 atom stereocenters. The number of aryl methyl sites for hydroxylation is 1. The van der Waals surface area contributed by atoms with Crippen molar-refractivity contribution in [2.45, 2.75) is 32.4 Å². The molecule has 0 saturated carbocycles. The molecule has 108 valence electrons. The van der Waals surface area contributed by atoms with Crippen LogP contribution >= 0.6 is 11.3 Å². The number of ketones is 1. The molecule has 20 heavy (non-hydrogen) atoms. The van der Waals surface area contributed by atoms with E-state index >= 15 is 0 Å². The Bertz CT molecular complexity index is 604. The van der Waals surface area contributed by atoms with E-state index in [0.29, 0.717) is 24.1 Å². The van der Waals surface area contributed by atoms with E-state index in [1.54, 1.807) is 19.1 Å². The van der Waals surface area contributed by atoms with Gasteiger partial charge in [0.15, 0.2) is 0 Å². The minimum atomic E-state index is -4.64. The molecule has 8 heteroatoms. The summed E-state index contributed by atoms with van der Waals surface area (Å²) in [6, 6.07) is 3.38. The number of thiophene rings is 1. The van der Waals surface area contributed by atoms with E-state index in [2.05, 4.69) is 14.7 Å². The molecule has 0 spiro atoms. The van der Waals surface area contributed by atoms with Gasteiger partial charge in [0.25, 0.3) is 0 Å². The van der Waals surface area contributed by atoms with Crippen LogP contribution in [0.4, 0.5) is 13.2 Å². The Balaban J connectivity index is 2.09. The van der Waals surface area contributed by atoms with Crippen molar-refractivity contribution in [3.63, 3.8) is 0 Å². The summed E-state index contributed by atoms with van der Waals surface area (Å²) in [6.07, 6.45) is -3.16. The monoisotopic (exact) mass is 304 g/mol. The van der Waals surface area contributed by atoms with Crippen molar-refractivity contribution in [1.82, 2.24) is 10.1 Å². The topological polar surface area (TPSA) is 56.0 Å².